The standard InChI is InChI=1S/C38H49N14O7P/c1-54-31-7-3-5-29-35(31)39-23-41-37(29)51-13-9-25(10-14-51)17-27(19-56-21-33-43-47-48-44-33)58-60(53)59-28(20-57-22-34-45-49-50-46-34)18-26-11-15-52(16-12-26)38-30-6-4-8-32(55-2)36(30)40-24-42-38/h3-8,23-28,60H,9-22H2,1-2H3,(H,43,44,47,48)(H,45,46,49,50). The number of aromatic amines is 2. The van der Waals surface area contributed by atoms with Crippen LogP contribution in [0.5, 0.6) is 11.5 Å². The molecule has 318 valence electrons. The number of nitrogens with one attached hydrogen (secondary N) is 2. The van der Waals surface area contributed by atoms with Gasteiger partial charge in [0.2, 0.25) is 0 Å². The van der Waals surface area contributed by atoms with Gasteiger partial charge < -0.3 is 37.8 Å². The number of hydrogen-bond acceptors (Lipinski definition) is 19. The zero-order chi connectivity index (χ0) is 41.1. The van der Waals surface area contributed by atoms with Crippen LogP contribution in [0.2, 0.25) is 0 Å². The summed E-state index contributed by atoms with van der Waals surface area (Å²) < 4.78 is 49.3. The Morgan fingerprint density at radius 2 is 1.12 bits per heavy atom. The Bertz CT molecular complexity index is 2120. The number of para-hydroxylation sites is 2. The summed E-state index contributed by atoms with van der Waals surface area (Å²) in [5, 5.41) is 29.9. The molecule has 0 radical (unpaired) electrons. The molecule has 6 heterocycles. The number of piperidine rings is 2. The Labute approximate surface area is 346 Å². The van der Waals surface area contributed by atoms with Crippen molar-refractivity contribution in [3.8, 4) is 11.5 Å². The fourth-order valence-electron chi connectivity index (χ4n) is 8.08. The van der Waals surface area contributed by atoms with Crippen LogP contribution in [0.25, 0.3) is 21.8 Å². The minimum Gasteiger partial charge on any atom is -0.494 e. The van der Waals surface area contributed by atoms with Gasteiger partial charge in [0.05, 0.1) is 39.6 Å². The van der Waals surface area contributed by atoms with Gasteiger partial charge in [0.15, 0.2) is 11.6 Å². The number of benzene rings is 2. The topological polar surface area (TPSA) is 239 Å². The fraction of sp³-hybridized carbons (Fsp3) is 0.526. The average molecular weight is 845 g/mol. The summed E-state index contributed by atoms with van der Waals surface area (Å²) in [5.74, 6) is 4.58. The zero-order valence-electron chi connectivity index (χ0n) is 33.6. The largest absolute Gasteiger partial charge is 0.494 e. The predicted molar refractivity (Wildman–Crippen MR) is 218 cm³/mol. The van der Waals surface area contributed by atoms with Gasteiger partial charge >= 0.3 is 8.25 Å². The van der Waals surface area contributed by atoms with Crippen LogP contribution in [0.15, 0.2) is 49.1 Å². The van der Waals surface area contributed by atoms with Gasteiger partial charge in [-0.2, -0.15) is 10.4 Å². The molecule has 2 aromatic carbocycles. The SMILES string of the molecule is COc1cccc2c(N3CCC(CC(COCc4nn[nH]n4)O[PH](=O)OC(COCc4nn[nH]n4)CC4CCN(c5ncnc6c(OC)cccc56)CC4)CC3)ncnc12. The number of tetrazole rings is 2. The molecule has 0 amide bonds. The smallest absolute Gasteiger partial charge is 0.319 e. The number of aromatic nitrogens is 12. The molecule has 2 fully saturated rings. The van der Waals surface area contributed by atoms with Crippen molar-refractivity contribution in [1.82, 2.24) is 61.2 Å². The van der Waals surface area contributed by atoms with E-state index in [4.69, 9.17) is 28.0 Å². The van der Waals surface area contributed by atoms with Crippen molar-refractivity contribution in [1.29, 1.82) is 0 Å². The first kappa shape index (κ1) is 41.3. The lowest BCUT2D eigenvalue weighted by atomic mass is 9.91. The molecular formula is C38H49N14O7P. The second kappa shape index (κ2) is 20.2. The van der Waals surface area contributed by atoms with Crippen LogP contribution < -0.4 is 19.3 Å². The van der Waals surface area contributed by atoms with Crippen molar-refractivity contribution in [3.05, 3.63) is 60.7 Å². The fourth-order valence-corrected chi connectivity index (χ4v) is 9.01. The molecule has 2 aliphatic heterocycles. The first-order chi connectivity index (χ1) is 29.5. The van der Waals surface area contributed by atoms with Crippen LogP contribution in [0.3, 0.4) is 0 Å². The number of ether oxygens (including phenoxy) is 4. The van der Waals surface area contributed by atoms with E-state index in [9.17, 15) is 4.57 Å². The highest BCUT2D eigenvalue weighted by Crippen LogP contribution is 2.38. The molecule has 2 N–H and O–H groups in total. The van der Waals surface area contributed by atoms with Crippen LogP contribution >= 0.6 is 8.25 Å². The minimum atomic E-state index is -3.01. The Balaban J connectivity index is 0.896. The maximum atomic E-state index is 13.8. The summed E-state index contributed by atoms with van der Waals surface area (Å²) in [6.07, 6.45) is 6.93. The van der Waals surface area contributed by atoms with E-state index in [0.29, 0.717) is 36.0 Å². The molecule has 2 aliphatic rings. The van der Waals surface area contributed by atoms with Crippen LogP contribution in [0.4, 0.5) is 11.6 Å². The molecule has 2 saturated heterocycles. The molecule has 22 heteroatoms. The number of fused-ring (bicyclic) bond motifs is 2. The van der Waals surface area contributed by atoms with Crippen molar-refractivity contribution in [3.63, 3.8) is 0 Å². The minimum absolute atomic E-state index is 0.129. The molecule has 2 atom stereocenters. The average Bonchev–Trinajstić information content (AvgIpc) is 4.01. The van der Waals surface area contributed by atoms with E-state index in [1.54, 1.807) is 26.9 Å². The summed E-state index contributed by atoms with van der Waals surface area (Å²) in [4.78, 5) is 22.8. The van der Waals surface area contributed by atoms with Crippen molar-refractivity contribution in [2.45, 2.75) is 63.9 Å². The second-order valence-corrected chi connectivity index (χ2v) is 15.8. The maximum Gasteiger partial charge on any atom is 0.319 e. The Morgan fingerprint density at radius 3 is 1.52 bits per heavy atom. The van der Waals surface area contributed by atoms with Gasteiger partial charge in [-0.05, 0) is 74.6 Å². The monoisotopic (exact) mass is 844 g/mol. The van der Waals surface area contributed by atoms with E-state index in [1.807, 2.05) is 36.4 Å². The van der Waals surface area contributed by atoms with Gasteiger partial charge in [0.25, 0.3) is 0 Å². The van der Waals surface area contributed by atoms with E-state index in [2.05, 4.69) is 71.0 Å². The van der Waals surface area contributed by atoms with E-state index in [1.165, 1.54) is 0 Å². The highest BCUT2D eigenvalue weighted by atomic mass is 31.1. The van der Waals surface area contributed by atoms with Gasteiger partial charge in [-0.3, -0.25) is 4.57 Å². The van der Waals surface area contributed by atoms with Crippen LogP contribution in [-0.4, -0.2) is 127 Å². The lowest BCUT2D eigenvalue weighted by molar-refractivity contribution is -0.00189. The lowest BCUT2D eigenvalue weighted by Gasteiger charge is -2.35. The number of anilines is 2. The molecule has 0 bridgehead atoms. The van der Waals surface area contributed by atoms with Gasteiger partial charge in [0.1, 0.15) is 60.0 Å². The van der Waals surface area contributed by atoms with Crippen LogP contribution in [-0.2, 0) is 36.3 Å². The summed E-state index contributed by atoms with van der Waals surface area (Å²) in [5.41, 5.74) is 1.57. The zero-order valence-corrected chi connectivity index (χ0v) is 34.6. The highest BCUT2D eigenvalue weighted by Gasteiger charge is 2.29. The molecule has 8 rings (SSSR count). The molecule has 2 unspecified atom stereocenters. The number of rotatable bonds is 20. The molecule has 6 aromatic rings. The summed E-state index contributed by atoms with van der Waals surface area (Å²) >= 11 is 0. The van der Waals surface area contributed by atoms with Crippen LogP contribution in [0, 0.1) is 11.8 Å². The third-order valence-corrected chi connectivity index (χ3v) is 12.1. The normalized spacial score (nSPS) is 17.0. The number of H-pyrrole nitrogens is 2. The first-order valence-corrected chi connectivity index (χ1v) is 21.3. The number of nitrogens with zero attached hydrogens (tertiary/aromatic N) is 12. The predicted octanol–water partition coefficient (Wildman–Crippen LogP) is 4.12. The van der Waals surface area contributed by atoms with E-state index in [0.717, 1.165) is 85.3 Å². The van der Waals surface area contributed by atoms with E-state index in [-0.39, 0.29) is 38.3 Å². The Morgan fingerprint density at radius 1 is 0.667 bits per heavy atom. The van der Waals surface area contributed by atoms with Gasteiger partial charge in [-0.15, -0.1) is 20.4 Å². The third kappa shape index (κ3) is 10.3. The third-order valence-electron chi connectivity index (χ3n) is 11.0. The summed E-state index contributed by atoms with van der Waals surface area (Å²) in [6, 6.07) is 11.8. The van der Waals surface area contributed by atoms with Crippen molar-refractivity contribution in [2.24, 2.45) is 11.8 Å². The van der Waals surface area contributed by atoms with Gasteiger partial charge in [-0.25, -0.2) is 19.9 Å². The first-order valence-electron chi connectivity index (χ1n) is 20.1. The van der Waals surface area contributed by atoms with Crippen molar-refractivity contribution < 1.29 is 32.6 Å². The van der Waals surface area contributed by atoms with Crippen LogP contribution in [0.1, 0.15) is 50.2 Å². The molecule has 0 saturated carbocycles. The second-order valence-electron chi connectivity index (χ2n) is 14.9. The molecular weight excluding hydrogens is 795 g/mol. The Hall–Kier alpha value is -5.47. The van der Waals surface area contributed by atoms with Crippen molar-refractivity contribution in [2.75, 3.05) is 63.4 Å². The number of methoxy groups -OCH3 is 2. The summed E-state index contributed by atoms with van der Waals surface area (Å²) in [6.45, 7) is 3.76. The van der Waals surface area contributed by atoms with E-state index < -0.39 is 20.5 Å². The lowest BCUT2D eigenvalue weighted by Crippen LogP contribution is -2.36. The molecule has 0 spiro atoms. The highest BCUT2D eigenvalue weighted by molar-refractivity contribution is 7.33. The quantitative estimate of drug-likeness (QED) is 0.103. The molecule has 0 aliphatic carbocycles. The molecule has 4 aromatic heterocycles. The number of hydrogen-bond donors (Lipinski definition) is 2. The molecule has 60 heavy (non-hydrogen) atoms. The maximum absolute atomic E-state index is 13.8. The molecule has 21 nitrogen and oxygen atoms in total. The van der Waals surface area contributed by atoms with Gasteiger partial charge in [0, 0.05) is 37.0 Å². The van der Waals surface area contributed by atoms with E-state index >= 15 is 0 Å². The summed E-state index contributed by atoms with van der Waals surface area (Å²) in [7, 11) is 0.278. The Kier molecular flexibility index (Phi) is 13.9. The van der Waals surface area contributed by atoms with Crippen molar-refractivity contribution >= 4 is 41.7 Å². The van der Waals surface area contributed by atoms with Gasteiger partial charge in [-0.1, -0.05) is 22.6 Å².